The monoisotopic (exact) mass is 323 g/mol. The van der Waals surface area contributed by atoms with Crippen molar-refractivity contribution < 1.29 is 14.3 Å². The largest absolute Gasteiger partial charge is 0.444 e. The van der Waals surface area contributed by atoms with Crippen LogP contribution in [-0.4, -0.2) is 29.5 Å². The summed E-state index contributed by atoms with van der Waals surface area (Å²) in [5.41, 5.74) is 1.13. The first-order chi connectivity index (χ1) is 10.2. The second-order valence-corrected chi connectivity index (χ2v) is 7.14. The molecule has 0 fully saturated rings. The number of benzene rings is 1. The lowest BCUT2D eigenvalue weighted by Crippen LogP contribution is -2.35. The van der Waals surface area contributed by atoms with Crippen LogP contribution in [0.3, 0.4) is 0 Å². The van der Waals surface area contributed by atoms with Crippen LogP contribution in [0.5, 0.6) is 0 Å². The Morgan fingerprint density at radius 3 is 2.27 bits per heavy atom. The highest BCUT2D eigenvalue weighted by Crippen LogP contribution is 2.20. The van der Waals surface area contributed by atoms with E-state index >= 15 is 0 Å². The van der Waals surface area contributed by atoms with E-state index in [9.17, 15) is 9.59 Å². The molecule has 1 aromatic rings. The quantitative estimate of drug-likeness (QED) is 0.797. The van der Waals surface area contributed by atoms with Crippen LogP contribution in [0, 0.1) is 0 Å². The van der Waals surface area contributed by atoms with Crippen molar-refractivity contribution in [2.24, 2.45) is 0 Å². The molecule has 0 unspecified atom stereocenters. The number of alkyl carbamates (subject to hydrolysis) is 1. The summed E-state index contributed by atoms with van der Waals surface area (Å²) in [7, 11) is 0. The maximum absolute atomic E-state index is 12.0. The molecule has 122 valence electrons. The van der Waals surface area contributed by atoms with E-state index in [1.54, 1.807) is 30.8 Å². The molecule has 1 rings (SSSR count). The molecule has 1 atom stereocenters. The third-order valence-corrected chi connectivity index (χ3v) is 3.67. The van der Waals surface area contributed by atoms with Gasteiger partial charge in [0, 0.05) is 5.56 Å². The van der Waals surface area contributed by atoms with Crippen LogP contribution in [0.4, 0.5) is 4.79 Å². The lowest BCUT2D eigenvalue weighted by molar-refractivity contribution is 0.0502. The molecule has 0 spiro atoms. The Labute approximate surface area is 137 Å². The summed E-state index contributed by atoms with van der Waals surface area (Å²) >= 11 is 1.73. The van der Waals surface area contributed by atoms with Gasteiger partial charge in [0.1, 0.15) is 5.60 Å². The number of ether oxygens (including phenoxy) is 1. The summed E-state index contributed by atoms with van der Waals surface area (Å²) in [4.78, 5) is 23.3. The summed E-state index contributed by atoms with van der Waals surface area (Å²) in [6.45, 7) is 7.06. The molecule has 4 nitrogen and oxygen atoms in total. The third-order valence-electron chi connectivity index (χ3n) is 3.02. The summed E-state index contributed by atoms with van der Waals surface area (Å²) in [6.07, 6.45) is 2.41. The Kier molecular flexibility index (Phi) is 6.94. The standard InChI is InChI=1S/C17H25NO3S/c1-12(19)13-6-8-14(9-7-13)15(10-11-22-5)18-16(20)21-17(2,3)4/h6-9,15H,10-11H2,1-5H3,(H,18,20)/t15-/m0/s1. The molecular formula is C17H25NO3S. The number of amides is 1. The molecule has 1 N–H and O–H groups in total. The molecule has 0 aliphatic carbocycles. The van der Waals surface area contributed by atoms with Crippen molar-refractivity contribution in [3.8, 4) is 0 Å². The number of carbonyl (C=O) groups excluding carboxylic acids is 2. The average Bonchev–Trinajstić information content (AvgIpc) is 2.41. The van der Waals surface area contributed by atoms with E-state index in [0.717, 1.165) is 17.7 Å². The highest BCUT2D eigenvalue weighted by molar-refractivity contribution is 7.98. The van der Waals surface area contributed by atoms with Gasteiger partial charge in [0.25, 0.3) is 0 Å². The van der Waals surface area contributed by atoms with Crippen molar-refractivity contribution in [3.63, 3.8) is 0 Å². The minimum atomic E-state index is -0.521. The van der Waals surface area contributed by atoms with Gasteiger partial charge in [-0.05, 0) is 51.7 Å². The number of rotatable bonds is 6. The molecule has 0 bridgehead atoms. The molecule has 22 heavy (non-hydrogen) atoms. The Hall–Kier alpha value is -1.49. The van der Waals surface area contributed by atoms with Crippen LogP contribution >= 0.6 is 11.8 Å². The summed E-state index contributed by atoms with van der Waals surface area (Å²) in [5, 5.41) is 2.91. The van der Waals surface area contributed by atoms with Gasteiger partial charge < -0.3 is 10.1 Å². The van der Waals surface area contributed by atoms with Crippen LogP contribution < -0.4 is 5.32 Å². The second-order valence-electron chi connectivity index (χ2n) is 6.16. The first-order valence-electron chi connectivity index (χ1n) is 7.32. The molecule has 0 radical (unpaired) electrons. The molecular weight excluding hydrogens is 298 g/mol. The van der Waals surface area contributed by atoms with E-state index in [0.29, 0.717) is 5.56 Å². The van der Waals surface area contributed by atoms with Crippen LogP contribution in [0.25, 0.3) is 0 Å². The molecule has 0 aliphatic heterocycles. The maximum Gasteiger partial charge on any atom is 0.408 e. The zero-order chi connectivity index (χ0) is 16.8. The van der Waals surface area contributed by atoms with Gasteiger partial charge in [0.2, 0.25) is 0 Å². The predicted molar refractivity (Wildman–Crippen MR) is 91.6 cm³/mol. The van der Waals surface area contributed by atoms with Crippen LogP contribution in [0.15, 0.2) is 24.3 Å². The SMILES string of the molecule is CSCC[C@H](NC(=O)OC(C)(C)C)c1ccc(C(C)=O)cc1. The number of hydrogen-bond acceptors (Lipinski definition) is 4. The summed E-state index contributed by atoms with van der Waals surface area (Å²) in [6, 6.07) is 7.24. The molecule has 1 amide bonds. The smallest absolute Gasteiger partial charge is 0.408 e. The number of Topliss-reactive ketones (excluding diaryl/α,β-unsaturated/α-hetero) is 1. The molecule has 0 heterocycles. The van der Waals surface area contributed by atoms with Crippen molar-refractivity contribution in [2.75, 3.05) is 12.0 Å². The number of nitrogens with one attached hydrogen (secondary N) is 1. The van der Waals surface area contributed by atoms with E-state index in [1.807, 2.05) is 39.2 Å². The molecule has 0 aliphatic rings. The topological polar surface area (TPSA) is 55.4 Å². The van der Waals surface area contributed by atoms with Crippen molar-refractivity contribution in [3.05, 3.63) is 35.4 Å². The minimum absolute atomic E-state index is 0.0346. The number of thioether (sulfide) groups is 1. The first-order valence-corrected chi connectivity index (χ1v) is 8.71. The number of ketones is 1. The highest BCUT2D eigenvalue weighted by atomic mass is 32.2. The fourth-order valence-corrected chi connectivity index (χ4v) is 2.43. The van der Waals surface area contributed by atoms with Gasteiger partial charge in [-0.1, -0.05) is 24.3 Å². The Bertz CT molecular complexity index is 506. The van der Waals surface area contributed by atoms with Crippen molar-refractivity contribution >= 4 is 23.6 Å². The number of hydrogen-bond donors (Lipinski definition) is 1. The second kappa shape index (κ2) is 8.22. The Morgan fingerprint density at radius 1 is 1.23 bits per heavy atom. The van der Waals surface area contributed by atoms with Crippen LogP contribution in [0.2, 0.25) is 0 Å². The van der Waals surface area contributed by atoms with E-state index in [-0.39, 0.29) is 11.8 Å². The van der Waals surface area contributed by atoms with Gasteiger partial charge in [0.15, 0.2) is 5.78 Å². The average molecular weight is 323 g/mol. The van der Waals surface area contributed by atoms with Gasteiger partial charge in [-0.3, -0.25) is 4.79 Å². The van der Waals surface area contributed by atoms with Gasteiger partial charge >= 0.3 is 6.09 Å². The maximum atomic E-state index is 12.0. The molecule has 0 saturated carbocycles. The van der Waals surface area contributed by atoms with E-state index < -0.39 is 11.7 Å². The molecule has 5 heteroatoms. The van der Waals surface area contributed by atoms with E-state index in [4.69, 9.17) is 4.74 Å². The molecule has 0 saturated heterocycles. The lowest BCUT2D eigenvalue weighted by atomic mass is 10.0. The molecule has 1 aromatic carbocycles. The minimum Gasteiger partial charge on any atom is -0.444 e. The lowest BCUT2D eigenvalue weighted by Gasteiger charge is -2.24. The number of carbonyl (C=O) groups is 2. The molecule has 0 aromatic heterocycles. The summed E-state index contributed by atoms with van der Waals surface area (Å²) < 4.78 is 5.32. The van der Waals surface area contributed by atoms with Crippen LogP contribution in [0.1, 0.15) is 56.1 Å². The normalized spacial score (nSPS) is 12.6. The van der Waals surface area contributed by atoms with Gasteiger partial charge in [-0.2, -0.15) is 11.8 Å². The zero-order valence-electron chi connectivity index (χ0n) is 13.9. The fourth-order valence-electron chi connectivity index (χ4n) is 1.96. The predicted octanol–water partition coefficient (Wildman–Crippen LogP) is 4.21. The van der Waals surface area contributed by atoms with Gasteiger partial charge in [0.05, 0.1) is 6.04 Å². The zero-order valence-corrected chi connectivity index (χ0v) is 14.8. The van der Waals surface area contributed by atoms with Crippen molar-refractivity contribution in [1.29, 1.82) is 0 Å². The van der Waals surface area contributed by atoms with Crippen molar-refractivity contribution in [2.45, 2.75) is 45.8 Å². The van der Waals surface area contributed by atoms with E-state index in [2.05, 4.69) is 5.32 Å². The van der Waals surface area contributed by atoms with Crippen LogP contribution in [-0.2, 0) is 4.74 Å². The fraction of sp³-hybridized carbons (Fsp3) is 0.529. The van der Waals surface area contributed by atoms with Gasteiger partial charge in [-0.25, -0.2) is 4.79 Å². The summed E-state index contributed by atoms with van der Waals surface area (Å²) in [5.74, 6) is 0.960. The Balaban J connectivity index is 2.83. The first kappa shape index (κ1) is 18.6. The van der Waals surface area contributed by atoms with Crippen molar-refractivity contribution in [1.82, 2.24) is 5.32 Å². The Morgan fingerprint density at radius 2 is 1.82 bits per heavy atom. The van der Waals surface area contributed by atoms with Gasteiger partial charge in [-0.15, -0.1) is 0 Å². The van der Waals surface area contributed by atoms with E-state index in [1.165, 1.54) is 0 Å². The third kappa shape index (κ3) is 6.52. The highest BCUT2D eigenvalue weighted by Gasteiger charge is 2.20.